The summed E-state index contributed by atoms with van der Waals surface area (Å²) in [6.07, 6.45) is 8.98. The Balaban J connectivity index is 1.62. The molecule has 1 aromatic carbocycles. The summed E-state index contributed by atoms with van der Waals surface area (Å²) in [4.78, 5) is 30.7. The number of carbonyl (C=O) groups excluding carboxylic acids is 2. The lowest BCUT2D eigenvalue weighted by Gasteiger charge is -2.19. The summed E-state index contributed by atoms with van der Waals surface area (Å²) in [5.41, 5.74) is 3.32. The van der Waals surface area contributed by atoms with Gasteiger partial charge in [-0.05, 0) is 37.3 Å². The minimum atomic E-state index is -0.384. The summed E-state index contributed by atoms with van der Waals surface area (Å²) < 4.78 is 5.29. The van der Waals surface area contributed by atoms with Crippen molar-refractivity contribution in [2.45, 2.75) is 51.9 Å². The highest BCUT2D eigenvalue weighted by molar-refractivity contribution is 6.18. The van der Waals surface area contributed by atoms with Crippen molar-refractivity contribution in [3.63, 3.8) is 0 Å². The maximum Gasteiger partial charge on any atom is 0.341 e. The molecular weight excluding hydrogens is 352 g/mol. The van der Waals surface area contributed by atoms with E-state index in [1.54, 1.807) is 18.0 Å². The van der Waals surface area contributed by atoms with E-state index in [4.69, 9.17) is 4.74 Å². The first-order chi connectivity index (χ1) is 13.7. The van der Waals surface area contributed by atoms with Crippen LogP contribution in [-0.2, 0) is 20.7 Å². The summed E-state index contributed by atoms with van der Waals surface area (Å²) in [7, 11) is 0. The molecule has 1 aliphatic carbocycles. The summed E-state index contributed by atoms with van der Waals surface area (Å²) in [5.74, 6) is 0.398. The van der Waals surface area contributed by atoms with Crippen molar-refractivity contribution in [2.75, 3.05) is 13.2 Å². The molecular formula is C23H28N2O3. The topological polar surface area (TPSA) is 62.4 Å². The third-order valence-electron chi connectivity index (χ3n) is 6.03. The average Bonchev–Trinajstić information content (AvgIpc) is 3.30. The zero-order chi connectivity index (χ0) is 19.5. The van der Waals surface area contributed by atoms with Crippen LogP contribution < -0.4 is 0 Å². The second-order valence-electron chi connectivity index (χ2n) is 7.81. The van der Waals surface area contributed by atoms with E-state index in [9.17, 15) is 9.59 Å². The lowest BCUT2D eigenvalue weighted by molar-refractivity contribution is -0.136. The highest BCUT2D eigenvalue weighted by Crippen LogP contribution is 2.32. The van der Waals surface area contributed by atoms with Crippen molar-refractivity contribution in [2.24, 2.45) is 5.92 Å². The van der Waals surface area contributed by atoms with Crippen molar-refractivity contribution < 1.29 is 14.3 Å². The fraction of sp³-hybridized carbons (Fsp3) is 0.478. The SMILES string of the molecule is CCOC(=O)C1=CN(C(=O)CCC2CCCC2)CCc2c1[nH]c1ccccc21. The molecule has 1 amide bonds. The van der Waals surface area contributed by atoms with Gasteiger partial charge in [-0.25, -0.2) is 4.79 Å². The Kier molecular flexibility index (Phi) is 5.51. The maximum atomic E-state index is 12.9. The molecule has 1 saturated carbocycles. The van der Waals surface area contributed by atoms with E-state index >= 15 is 0 Å². The number of hydrogen-bond donors (Lipinski definition) is 1. The molecule has 28 heavy (non-hydrogen) atoms. The Morgan fingerprint density at radius 2 is 2.00 bits per heavy atom. The molecule has 0 atom stereocenters. The summed E-state index contributed by atoms with van der Waals surface area (Å²) >= 11 is 0. The van der Waals surface area contributed by atoms with Crippen LogP contribution in [0.5, 0.6) is 0 Å². The maximum absolute atomic E-state index is 12.9. The Hall–Kier alpha value is -2.56. The Morgan fingerprint density at radius 3 is 2.79 bits per heavy atom. The zero-order valence-electron chi connectivity index (χ0n) is 16.5. The number of rotatable bonds is 5. The summed E-state index contributed by atoms with van der Waals surface area (Å²) in [5, 5.41) is 1.10. The van der Waals surface area contributed by atoms with Crippen molar-refractivity contribution in [3.8, 4) is 0 Å². The van der Waals surface area contributed by atoms with Crippen LogP contribution in [0.15, 0.2) is 30.5 Å². The van der Waals surface area contributed by atoms with Gasteiger partial charge < -0.3 is 14.6 Å². The number of H-pyrrole nitrogens is 1. The van der Waals surface area contributed by atoms with E-state index in [-0.39, 0.29) is 11.9 Å². The predicted molar refractivity (Wildman–Crippen MR) is 110 cm³/mol. The molecule has 148 valence electrons. The normalized spacial score (nSPS) is 17.3. The van der Waals surface area contributed by atoms with Crippen LogP contribution in [0.3, 0.4) is 0 Å². The zero-order valence-corrected chi connectivity index (χ0v) is 16.5. The monoisotopic (exact) mass is 380 g/mol. The van der Waals surface area contributed by atoms with E-state index in [1.807, 2.05) is 18.2 Å². The van der Waals surface area contributed by atoms with Crippen molar-refractivity contribution >= 4 is 28.4 Å². The van der Waals surface area contributed by atoms with E-state index in [2.05, 4.69) is 11.1 Å². The third kappa shape index (κ3) is 3.71. The van der Waals surface area contributed by atoms with E-state index in [1.165, 1.54) is 25.7 Å². The van der Waals surface area contributed by atoms with Gasteiger partial charge in [-0.2, -0.15) is 0 Å². The first-order valence-electron chi connectivity index (χ1n) is 10.5. The molecule has 0 radical (unpaired) electrons. The minimum Gasteiger partial charge on any atom is -0.462 e. The molecule has 2 heterocycles. The van der Waals surface area contributed by atoms with E-state index in [0.29, 0.717) is 37.5 Å². The quantitative estimate of drug-likeness (QED) is 0.781. The number of fused-ring (bicyclic) bond motifs is 3. The molecule has 0 unspecified atom stereocenters. The van der Waals surface area contributed by atoms with Gasteiger partial charge in [0.15, 0.2) is 0 Å². The van der Waals surface area contributed by atoms with Gasteiger partial charge in [0.1, 0.15) is 0 Å². The fourth-order valence-corrected chi connectivity index (χ4v) is 4.54. The largest absolute Gasteiger partial charge is 0.462 e. The van der Waals surface area contributed by atoms with Gasteiger partial charge in [0.05, 0.1) is 17.9 Å². The van der Waals surface area contributed by atoms with Gasteiger partial charge in [-0.15, -0.1) is 0 Å². The molecule has 5 heteroatoms. The van der Waals surface area contributed by atoms with Gasteiger partial charge in [0, 0.05) is 30.1 Å². The standard InChI is InChI=1S/C23H28N2O3/c1-2-28-23(27)19-15-25(21(26)12-11-16-7-3-4-8-16)14-13-18-17-9-5-6-10-20(17)24-22(18)19/h5-6,9-10,15-16,24H,2-4,7-8,11-14H2,1H3. The number of nitrogens with one attached hydrogen (secondary N) is 1. The van der Waals surface area contributed by atoms with Gasteiger partial charge in [0.2, 0.25) is 5.91 Å². The molecule has 2 aromatic rings. The number of para-hydroxylation sites is 1. The molecule has 1 fully saturated rings. The van der Waals surface area contributed by atoms with Crippen molar-refractivity contribution in [3.05, 3.63) is 41.7 Å². The van der Waals surface area contributed by atoms with Gasteiger partial charge in [0.25, 0.3) is 0 Å². The van der Waals surface area contributed by atoms with Gasteiger partial charge in [-0.3, -0.25) is 4.79 Å². The smallest absolute Gasteiger partial charge is 0.341 e. The Bertz CT molecular complexity index is 906. The molecule has 1 N–H and O–H groups in total. The minimum absolute atomic E-state index is 0.100. The molecule has 5 nitrogen and oxygen atoms in total. The molecule has 2 aliphatic rings. The second-order valence-corrected chi connectivity index (χ2v) is 7.81. The molecule has 1 aliphatic heterocycles. The summed E-state index contributed by atoms with van der Waals surface area (Å²) in [6.45, 7) is 2.69. The van der Waals surface area contributed by atoms with Crippen LogP contribution in [0.2, 0.25) is 0 Å². The molecule has 1 aromatic heterocycles. The number of aromatic nitrogens is 1. The fourth-order valence-electron chi connectivity index (χ4n) is 4.54. The average molecular weight is 380 g/mol. The molecule has 0 saturated heterocycles. The van der Waals surface area contributed by atoms with Crippen LogP contribution in [0.25, 0.3) is 16.5 Å². The number of benzene rings is 1. The van der Waals surface area contributed by atoms with Crippen LogP contribution in [-0.4, -0.2) is 34.9 Å². The number of amides is 1. The molecule has 4 rings (SSSR count). The Labute approximate surface area is 165 Å². The molecule has 0 spiro atoms. The van der Waals surface area contributed by atoms with Crippen LogP contribution >= 0.6 is 0 Å². The van der Waals surface area contributed by atoms with Crippen molar-refractivity contribution in [1.29, 1.82) is 0 Å². The van der Waals surface area contributed by atoms with Crippen molar-refractivity contribution in [1.82, 2.24) is 9.88 Å². The highest BCUT2D eigenvalue weighted by atomic mass is 16.5. The number of carbonyl (C=O) groups is 2. The van der Waals surface area contributed by atoms with Crippen LogP contribution in [0, 0.1) is 5.92 Å². The first kappa shape index (κ1) is 18.8. The van der Waals surface area contributed by atoms with E-state index < -0.39 is 0 Å². The Morgan fingerprint density at radius 1 is 1.21 bits per heavy atom. The lowest BCUT2D eigenvalue weighted by Crippen LogP contribution is -2.28. The lowest BCUT2D eigenvalue weighted by atomic mass is 10.0. The first-order valence-corrected chi connectivity index (χ1v) is 10.5. The second kappa shape index (κ2) is 8.21. The number of ether oxygens (including phenoxy) is 1. The third-order valence-corrected chi connectivity index (χ3v) is 6.03. The van der Waals surface area contributed by atoms with Crippen LogP contribution in [0.4, 0.5) is 0 Å². The number of hydrogen-bond acceptors (Lipinski definition) is 3. The van der Waals surface area contributed by atoms with Gasteiger partial charge >= 0.3 is 5.97 Å². The highest BCUT2D eigenvalue weighted by Gasteiger charge is 2.27. The number of esters is 1. The van der Waals surface area contributed by atoms with Crippen LogP contribution in [0.1, 0.15) is 56.7 Å². The number of nitrogens with zero attached hydrogens (tertiary/aromatic N) is 1. The predicted octanol–water partition coefficient (Wildman–Crippen LogP) is 4.43. The molecule has 0 bridgehead atoms. The van der Waals surface area contributed by atoms with E-state index in [0.717, 1.165) is 28.6 Å². The summed E-state index contributed by atoms with van der Waals surface area (Å²) in [6, 6.07) is 8.05. The van der Waals surface area contributed by atoms with Gasteiger partial charge in [-0.1, -0.05) is 43.9 Å². The number of aromatic amines is 1.